The van der Waals surface area contributed by atoms with E-state index in [-0.39, 0.29) is 18.2 Å². The van der Waals surface area contributed by atoms with Crippen molar-refractivity contribution < 1.29 is 23.8 Å². The summed E-state index contributed by atoms with van der Waals surface area (Å²) < 4.78 is 10.9. The first-order valence-corrected chi connectivity index (χ1v) is 9.53. The number of likely N-dealkylation sites (N-methyl/N-ethyl adjacent to an activating group) is 1. The van der Waals surface area contributed by atoms with Gasteiger partial charge < -0.3 is 14.8 Å². The van der Waals surface area contributed by atoms with E-state index in [1.165, 1.54) is 0 Å². The van der Waals surface area contributed by atoms with Crippen molar-refractivity contribution in [1.82, 2.24) is 0 Å². The first-order valence-electron chi connectivity index (χ1n) is 9.16. The molecule has 2 atom stereocenters. The van der Waals surface area contributed by atoms with Crippen LogP contribution in [0.3, 0.4) is 0 Å². The molecule has 0 amide bonds. The summed E-state index contributed by atoms with van der Waals surface area (Å²) >= 11 is 6.13. The van der Waals surface area contributed by atoms with Gasteiger partial charge in [0.05, 0.1) is 13.6 Å². The lowest BCUT2D eigenvalue weighted by Gasteiger charge is -2.45. The Hall–Kier alpha value is -1.96. The molecule has 0 aliphatic carbocycles. The molecular formula is C21H26ClN2O4+. The van der Waals surface area contributed by atoms with Gasteiger partial charge in [0.25, 0.3) is 0 Å². The molecule has 150 valence electrons. The predicted octanol–water partition coefficient (Wildman–Crippen LogP) is 3.36. The molecule has 3 rings (SSSR count). The first-order chi connectivity index (χ1) is 13.4. The highest BCUT2D eigenvalue weighted by atomic mass is 35.5. The number of nitrogens with one attached hydrogen (secondary N) is 1. The molecule has 1 aliphatic heterocycles. The Bertz CT molecular complexity index is 805. The maximum Gasteiger partial charge on any atom is 0.210 e. The average molecular weight is 406 g/mol. The van der Waals surface area contributed by atoms with E-state index in [1.807, 2.05) is 31.3 Å². The number of halogens is 1. The third-order valence-electron chi connectivity index (χ3n) is 4.84. The second-order valence-electron chi connectivity index (χ2n) is 7.06. The highest BCUT2D eigenvalue weighted by Crippen LogP contribution is 2.26. The van der Waals surface area contributed by atoms with E-state index in [4.69, 9.17) is 25.9 Å². The van der Waals surface area contributed by atoms with Crippen LogP contribution in [0.4, 0.5) is 5.69 Å². The Labute approximate surface area is 170 Å². The number of carbonyl (C=O) groups is 1. The number of benzene rings is 2. The second kappa shape index (κ2) is 9.03. The molecule has 0 bridgehead atoms. The fourth-order valence-electron chi connectivity index (χ4n) is 3.39. The Morgan fingerprint density at radius 2 is 1.93 bits per heavy atom. The number of hydrogen-bond donors (Lipinski definition) is 1. The summed E-state index contributed by atoms with van der Waals surface area (Å²) in [6, 6.07) is 14.5. The first kappa shape index (κ1) is 20.8. The monoisotopic (exact) mass is 405 g/mol. The highest BCUT2D eigenvalue weighted by Gasteiger charge is 2.45. The van der Waals surface area contributed by atoms with E-state index < -0.39 is 0 Å². The molecule has 0 saturated carbocycles. The Morgan fingerprint density at radius 3 is 2.57 bits per heavy atom. The van der Waals surface area contributed by atoms with Gasteiger partial charge in [0, 0.05) is 36.1 Å². The lowest BCUT2D eigenvalue weighted by molar-refractivity contribution is -1.15. The minimum absolute atomic E-state index is 0.0368. The Morgan fingerprint density at radius 1 is 1.25 bits per heavy atom. The second-order valence-corrected chi connectivity index (χ2v) is 7.49. The van der Waals surface area contributed by atoms with Gasteiger partial charge in [-0.15, -0.1) is 0 Å². The summed E-state index contributed by atoms with van der Waals surface area (Å²) in [5, 5.41) is 3.86. The molecule has 0 radical (unpaired) electrons. The van der Waals surface area contributed by atoms with E-state index in [2.05, 4.69) is 5.32 Å². The van der Waals surface area contributed by atoms with Gasteiger partial charge in [-0.25, -0.2) is 0 Å². The van der Waals surface area contributed by atoms with Crippen molar-refractivity contribution in [3.8, 4) is 0 Å². The number of anilines is 1. The van der Waals surface area contributed by atoms with Crippen LogP contribution in [-0.2, 0) is 14.3 Å². The number of ketones is 1. The van der Waals surface area contributed by atoms with Crippen molar-refractivity contribution >= 4 is 23.1 Å². The van der Waals surface area contributed by atoms with Gasteiger partial charge in [-0.1, -0.05) is 41.9 Å². The van der Waals surface area contributed by atoms with Crippen LogP contribution in [0.15, 0.2) is 48.5 Å². The number of methoxy groups -OCH3 is 2. The zero-order chi connectivity index (χ0) is 20.1. The van der Waals surface area contributed by atoms with E-state index in [9.17, 15) is 4.79 Å². The molecule has 28 heavy (non-hydrogen) atoms. The van der Waals surface area contributed by atoms with E-state index in [0.29, 0.717) is 33.9 Å². The van der Waals surface area contributed by atoms with Crippen LogP contribution in [0, 0.1) is 0 Å². The van der Waals surface area contributed by atoms with Crippen LogP contribution in [0.2, 0.25) is 5.02 Å². The minimum atomic E-state index is -0.301. The summed E-state index contributed by atoms with van der Waals surface area (Å²) in [5.74, 6) is -0.0659. The van der Waals surface area contributed by atoms with Crippen molar-refractivity contribution in [3.05, 3.63) is 64.7 Å². The van der Waals surface area contributed by atoms with Crippen molar-refractivity contribution in [2.45, 2.75) is 12.4 Å². The number of carbonyl (C=O) groups excluding carboxylic acids is 1. The molecule has 1 saturated heterocycles. The van der Waals surface area contributed by atoms with E-state index in [1.54, 1.807) is 38.5 Å². The maximum atomic E-state index is 12.9. The number of ether oxygens (including phenoxy) is 2. The molecule has 2 aromatic rings. The van der Waals surface area contributed by atoms with E-state index in [0.717, 1.165) is 12.2 Å². The molecule has 6 nitrogen and oxygen atoms in total. The molecule has 1 heterocycles. The summed E-state index contributed by atoms with van der Waals surface area (Å²) in [5.41, 5.74) is 1.92. The van der Waals surface area contributed by atoms with Gasteiger partial charge in [0.2, 0.25) is 6.29 Å². The average Bonchev–Trinajstić information content (AvgIpc) is 2.69. The fourth-order valence-corrected chi connectivity index (χ4v) is 3.56. The zero-order valence-corrected chi connectivity index (χ0v) is 17.1. The van der Waals surface area contributed by atoms with Gasteiger partial charge in [-0.2, -0.15) is 9.48 Å². The minimum Gasteiger partial charge on any atom is -0.381 e. The molecule has 1 aliphatic rings. The van der Waals surface area contributed by atoms with Gasteiger partial charge in [-0.3, -0.25) is 4.79 Å². The summed E-state index contributed by atoms with van der Waals surface area (Å²) in [6.07, 6.45) is -0.264. The summed E-state index contributed by atoms with van der Waals surface area (Å²) in [6.45, 7) is 2.03. The standard InChI is InChI=1S/C21H25ClN2O4/c1-24(14-20(26-2)27-3)13-17(28-24)12-23-19-10-9-16(22)11-18(19)21(25)15-7-5-4-6-8-15/h4-11,17,20H,12-14H2,1-3H3/p+1. The van der Waals surface area contributed by atoms with Crippen LogP contribution in [0.1, 0.15) is 15.9 Å². The van der Waals surface area contributed by atoms with Gasteiger partial charge >= 0.3 is 0 Å². The van der Waals surface area contributed by atoms with Gasteiger partial charge in [0.1, 0.15) is 6.54 Å². The van der Waals surface area contributed by atoms with Crippen molar-refractivity contribution in [3.63, 3.8) is 0 Å². The molecule has 2 unspecified atom stereocenters. The molecule has 7 heteroatoms. The maximum absolute atomic E-state index is 12.9. The van der Waals surface area contributed by atoms with Crippen LogP contribution in [0.5, 0.6) is 0 Å². The molecule has 0 aromatic heterocycles. The lowest BCUT2D eigenvalue weighted by Crippen LogP contribution is -2.66. The summed E-state index contributed by atoms with van der Waals surface area (Å²) in [7, 11) is 5.23. The van der Waals surface area contributed by atoms with Crippen LogP contribution in [-0.4, -0.2) is 63.7 Å². The molecule has 2 aromatic carbocycles. The van der Waals surface area contributed by atoms with Crippen LogP contribution in [0.25, 0.3) is 0 Å². The topological polar surface area (TPSA) is 56.8 Å². The number of rotatable bonds is 9. The quantitative estimate of drug-likeness (QED) is 0.394. The SMILES string of the molecule is COC(C[N+]1(C)CC(CNc2ccc(Cl)cc2C(=O)c2ccccc2)O1)OC. The molecular weight excluding hydrogens is 380 g/mol. The molecule has 1 fully saturated rings. The Balaban J connectivity index is 1.62. The molecule has 1 N–H and O–H groups in total. The third kappa shape index (κ3) is 4.90. The highest BCUT2D eigenvalue weighted by molar-refractivity contribution is 6.31. The fraction of sp³-hybridized carbons (Fsp3) is 0.381. The predicted molar refractivity (Wildman–Crippen MR) is 108 cm³/mol. The largest absolute Gasteiger partial charge is 0.381 e. The van der Waals surface area contributed by atoms with Crippen molar-refractivity contribution in [1.29, 1.82) is 0 Å². The number of quaternary nitrogens is 1. The normalized spacial score (nSPS) is 21.4. The summed E-state index contributed by atoms with van der Waals surface area (Å²) in [4.78, 5) is 18.9. The van der Waals surface area contributed by atoms with Crippen molar-refractivity contribution in [2.24, 2.45) is 0 Å². The van der Waals surface area contributed by atoms with E-state index >= 15 is 0 Å². The van der Waals surface area contributed by atoms with Crippen LogP contribution >= 0.6 is 11.6 Å². The smallest absolute Gasteiger partial charge is 0.210 e. The van der Waals surface area contributed by atoms with Gasteiger partial charge in [0.15, 0.2) is 18.4 Å². The van der Waals surface area contributed by atoms with Crippen molar-refractivity contribution in [2.75, 3.05) is 46.2 Å². The number of hydrogen-bond acceptors (Lipinski definition) is 5. The van der Waals surface area contributed by atoms with Crippen LogP contribution < -0.4 is 5.32 Å². The Kier molecular flexibility index (Phi) is 6.69. The third-order valence-corrected chi connectivity index (χ3v) is 5.07. The number of nitrogens with zero attached hydrogens (tertiary/aromatic N) is 1. The number of hydroxylamine groups is 3. The zero-order valence-electron chi connectivity index (χ0n) is 16.4. The van der Waals surface area contributed by atoms with Gasteiger partial charge in [-0.05, 0) is 18.2 Å². The molecule has 0 spiro atoms. The lowest BCUT2D eigenvalue weighted by atomic mass is 10.0.